The topological polar surface area (TPSA) is 18.5 Å². The molecule has 1 atom stereocenters. The summed E-state index contributed by atoms with van der Waals surface area (Å²) in [6.45, 7) is 2.69. The minimum atomic E-state index is 0.361. The Labute approximate surface area is 102 Å². The Morgan fingerprint density at radius 3 is 2.88 bits per heavy atom. The van der Waals surface area contributed by atoms with Crippen LogP contribution in [0.1, 0.15) is 6.92 Å². The molecule has 3 heteroatoms. The van der Waals surface area contributed by atoms with Crippen molar-refractivity contribution in [2.24, 2.45) is 0 Å². The van der Waals surface area contributed by atoms with E-state index in [0.717, 1.165) is 17.1 Å². The molecule has 0 saturated carbocycles. The van der Waals surface area contributed by atoms with Gasteiger partial charge in [0.15, 0.2) is 0 Å². The lowest BCUT2D eigenvalue weighted by Gasteiger charge is -2.22. The number of rotatable bonds is 2. The number of fused-ring (bicyclic) bond motifs is 3. The second-order valence-electron chi connectivity index (χ2n) is 3.81. The summed E-state index contributed by atoms with van der Waals surface area (Å²) in [7, 11) is 0.361. The number of hydrogen-bond acceptors (Lipinski definition) is 2. The number of ether oxygens (including phenoxy) is 1. The van der Waals surface area contributed by atoms with E-state index >= 15 is 0 Å². The summed E-state index contributed by atoms with van der Waals surface area (Å²) in [6, 6.07) is 14.3. The van der Waals surface area contributed by atoms with Gasteiger partial charge in [0.1, 0.15) is 20.3 Å². The van der Waals surface area contributed by atoms with E-state index in [1.54, 1.807) is 0 Å². The van der Waals surface area contributed by atoms with Crippen LogP contribution in [0.4, 0.5) is 0 Å². The summed E-state index contributed by atoms with van der Waals surface area (Å²) in [5, 5.41) is 1.22. The molecule has 1 aliphatic heterocycles. The summed E-state index contributed by atoms with van der Waals surface area (Å²) < 4.78 is 11.5. The maximum Gasteiger partial charge on any atom is 0.131 e. The van der Waals surface area contributed by atoms with Crippen molar-refractivity contribution < 1.29 is 9.26 Å². The fourth-order valence-corrected chi connectivity index (χ4v) is 2.96. The van der Waals surface area contributed by atoms with Crippen molar-refractivity contribution in [2.75, 3.05) is 6.61 Å². The lowest BCUT2D eigenvalue weighted by Crippen LogP contribution is -2.10. The molecular formula is C14H13O2P. The van der Waals surface area contributed by atoms with E-state index in [0.29, 0.717) is 15.4 Å². The van der Waals surface area contributed by atoms with Gasteiger partial charge in [-0.15, -0.1) is 0 Å². The van der Waals surface area contributed by atoms with Crippen LogP contribution in [0.25, 0.3) is 11.1 Å². The summed E-state index contributed by atoms with van der Waals surface area (Å²) in [5.74, 6) is 1.90. The Hall–Kier alpha value is -1.53. The van der Waals surface area contributed by atoms with Crippen LogP contribution in [0.5, 0.6) is 11.5 Å². The quantitative estimate of drug-likeness (QED) is 0.754. The van der Waals surface area contributed by atoms with Crippen LogP contribution >= 0.6 is 8.81 Å². The Bertz CT molecular complexity index is 552. The van der Waals surface area contributed by atoms with Gasteiger partial charge in [-0.1, -0.05) is 30.3 Å². The Kier molecular flexibility index (Phi) is 2.74. The van der Waals surface area contributed by atoms with Crippen LogP contribution in [0, 0.1) is 0 Å². The zero-order valence-electron chi connectivity index (χ0n) is 9.57. The number of hydrogen-bond donors (Lipinski definition) is 0. The summed E-state index contributed by atoms with van der Waals surface area (Å²) in [5.41, 5.74) is 2.32. The molecule has 1 unspecified atom stereocenters. The van der Waals surface area contributed by atoms with Crippen LogP contribution in [-0.4, -0.2) is 6.61 Å². The molecule has 2 nitrogen and oxygen atoms in total. The van der Waals surface area contributed by atoms with E-state index in [4.69, 9.17) is 9.26 Å². The van der Waals surface area contributed by atoms with Crippen molar-refractivity contribution in [3.05, 3.63) is 42.5 Å². The third-order valence-corrected chi connectivity index (χ3v) is 3.71. The maximum atomic E-state index is 5.76. The fourth-order valence-electron chi connectivity index (χ4n) is 2.04. The third kappa shape index (κ3) is 1.79. The van der Waals surface area contributed by atoms with E-state index in [1.165, 1.54) is 10.9 Å². The highest BCUT2D eigenvalue weighted by Gasteiger charge is 2.20. The van der Waals surface area contributed by atoms with Crippen LogP contribution < -0.4 is 14.6 Å². The predicted octanol–water partition coefficient (Wildman–Crippen LogP) is 3.36. The Morgan fingerprint density at radius 1 is 1.12 bits per heavy atom. The molecule has 1 aliphatic rings. The standard InChI is InChI=1S/C14H13O2P/c1-2-15-12-8-5-9-13-14(12)10-6-3-4-7-11(10)16-17-13/h3-9,17H,2H2,1H3. The van der Waals surface area contributed by atoms with Crippen molar-refractivity contribution >= 4 is 14.1 Å². The molecule has 0 saturated heterocycles. The van der Waals surface area contributed by atoms with Gasteiger partial charge in [-0.05, 0) is 19.1 Å². The molecular weight excluding hydrogens is 231 g/mol. The van der Waals surface area contributed by atoms with Gasteiger partial charge in [-0.3, -0.25) is 0 Å². The lowest BCUT2D eigenvalue weighted by atomic mass is 10.0. The largest absolute Gasteiger partial charge is 0.493 e. The van der Waals surface area contributed by atoms with Crippen molar-refractivity contribution in [1.29, 1.82) is 0 Å². The van der Waals surface area contributed by atoms with Crippen molar-refractivity contribution in [2.45, 2.75) is 6.92 Å². The van der Waals surface area contributed by atoms with Gasteiger partial charge < -0.3 is 9.26 Å². The minimum Gasteiger partial charge on any atom is -0.493 e. The van der Waals surface area contributed by atoms with Gasteiger partial charge in [0, 0.05) is 16.4 Å². The molecule has 1 heterocycles. The first-order chi connectivity index (χ1) is 8.40. The van der Waals surface area contributed by atoms with E-state index < -0.39 is 0 Å². The van der Waals surface area contributed by atoms with Crippen LogP contribution in [0.15, 0.2) is 42.5 Å². The first-order valence-corrected chi connectivity index (χ1v) is 6.59. The summed E-state index contributed by atoms with van der Waals surface area (Å²) >= 11 is 0. The Morgan fingerprint density at radius 2 is 2.00 bits per heavy atom. The van der Waals surface area contributed by atoms with Crippen molar-refractivity contribution in [3.63, 3.8) is 0 Å². The zero-order valence-corrected chi connectivity index (χ0v) is 10.6. The molecule has 3 rings (SSSR count). The maximum absolute atomic E-state index is 5.76. The highest BCUT2D eigenvalue weighted by molar-refractivity contribution is 7.43. The second kappa shape index (κ2) is 4.38. The van der Waals surface area contributed by atoms with E-state index in [2.05, 4.69) is 12.1 Å². The SMILES string of the molecule is CCOc1cccc2c1-c1ccccc1OP2. The number of benzene rings is 2. The third-order valence-electron chi connectivity index (χ3n) is 2.75. The van der Waals surface area contributed by atoms with E-state index in [-0.39, 0.29) is 0 Å². The van der Waals surface area contributed by atoms with Gasteiger partial charge in [-0.25, -0.2) is 0 Å². The fraction of sp³-hybridized carbons (Fsp3) is 0.143. The van der Waals surface area contributed by atoms with E-state index in [1.807, 2.05) is 37.3 Å². The summed E-state index contributed by atoms with van der Waals surface area (Å²) in [4.78, 5) is 0. The minimum absolute atomic E-state index is 0.361. The zero-order chi connectivity index (χ0) is 11.7. The molecule has 0 bridgehead atoms. The van der Waals surface area contributed by atoms with Gasteiger partial charge in [0.05, 0.1) is 6.61 Å². The monoisotopic (exact) mass is 244 g/mol. The second-order valence-corrected chi connectivity index (χ2v) is 4.76. The molecule has 86 valence electrons. The molecule has 0 radical (unpaired) electrons. The molecule has 0 amide bonds. The van der Waals surface area contributed by atoms with Gasteiger partial charge in [0.2, 0.25) is 0 Å². The van der Waals surface area contributed by atoms with Gasteiger partial charge in [0.25, 0.3) is 0 Å². The molecule has 0 spiro atoms. The molecule has 0 N–H and O–H groups in total. The van der Waals surface area contributed by atoms with Crippen molar-refractivity contribution in [1.82, 2.24) is 0 Å². The van der Waals surface area contributed by atoms with Crippen molar-refractivity contribution in [3.8, 4) is 22.6 Å². The summed E-state index contributed by atoms with van der Waals surface area (Å²) in [6.07, 6.45) is 0. The molecule has 2 aromatic carbocycles. The highest BCUT2D eigenvalue weighted by Crippen LogP contribution is 2.43. The lowest BCUT2D eigenvalue weighted by molar-refractivity contribution is 0.341. The van der Waals surface area contributed by atoms with Gasteiger partial charge >= 0.3 is 0 Å². The highest BCUT2D eigenvalue weighted by atomic mass is 31.1. The molecule has 2 aromatic rings. The van der Waals surface area contributed by atoms with Crippen LogP contribution in [-0.2, 0) is 0 Å². The molecule has 0 fully saturated rings. The first kappa shape index (κ1) is 10.6. The smallest absolute Gasteiger partial charge is 0.131 e. The first-order valence-electron chi connectivity index (χ1n) is 5.68. The van der Waals surface area contributed by atoms with Crippen LogP contribution in [0.3, 0.4) is 0 Å². The molecule has 0 aromatic heterocycles. The van der Waals surface area contributed by atoms with Crippen LogP contribution in [0.2, 0.25) is 0 Å². The molecule has 0 aliphatic carbocycles. The average Bonchev–Trinajstić information content (AvgIpc) is 2.39. The predicted molar refractivity (Wildman–Crippen MR) is 71.6 cm³/mol. The average molecular weight is 244 g/mol. The number of para-hydroxylation sites is 1. The van der Waals surface area contributed by atoms with Gasteiger partial charge in [-0.2, -0.15) is 0 Å². The van der Waals surface area contributed by atoms with E-state index in [9.17, 15) is 0 Å². The molecule has 17 heavy (non-hydrogen) atoms. The Balaban J connectivity index is 2.22. The normalized spacial score (nSPS) is 13.7.